The van der Waals surface area contributed by atoms with Crippen molar-refractivity contribution in [2.45, 2.75) is 50.7 Å². The van der Waals surface area contributed by atoms with Crippen LogP contribution < -0.4 is 25.2 Å². The van der Waals surface area contributed by atoms with Gasteiger partial charge in [-0.1, -0.05) is 5.16 Å². The third kappa shape index (κ3) is 8.47. The first-order chi connectivity index (χ1) is 28.0. The number of hydrogen-bond donors (Lipinski definition) is 2. The van der Waals surface area contributed by atoms with Crippen molar-refractivity contribution < 1.29 is 46.0 Å². The number of anilines is 3. The third-order valence-corrected chi connectivity index (χ3v) is 11.0. The number of fused-ring (bicyclic) bond motifs is 1. The van der Waals surface area contributed by atoms with Gasteiger partial charge in [-0.25, -0.2) is 4.39 Å². The summed E-state index contributed by atoms with van der Waals surface area (Å²) in [7, 11) is 0. The van der Waals surface area contributed by atoms with Crippen LogP contribution in [0.5, 0.6) is 5.75 Å². The molecule has 59 heavy (non-hydrogen) atoms. The summed E-state index contributed by atoms with van der Waals surface area (Å²) in [5.74, 6) is -2.86. The Hall–Kier alpha value is -5.97. The molecule has 7 rings (SSSR count). The van der Waals surface area contributed by atoms with Crippen LogP contribution in [-0.4, -0.2) is 95.1 Å². The second-order valence-corrected chi connectivity index (χ2v) is 15.2. The Morgan fingerprint density at radius 1 is 1.03 bits per heavy atom. The van der Waals surface area contributed by atoms with Crippen molar-refractivity contribution in [3.63, 3.8) is 0 Å². The topological polar surface area (TPSA) is 164 Å². The Morgan fingerprint density at radius 2 is 1.75 bits per heavy atom. The second-order valence-electron chi connectivity index (χ2n) is 14.9. The average Bonchev–Trinajstić information content (AvgIpc) is 3.68. The predicted octanol–water partition coefficient (Wildman–Crippen LogP) is 5.32. The zero-order valence-electron chi connectivity index (χ0n) is 31.9. The van der Waals surface area contributed by atoms with Gasteiger partial charge in [0.05, 0.1) is 28.8 Å². The van der Waals surface area contributed by atoms with Crippen LogP contribution in [0.1, 0.15) is 55.8 Å². The molecule has 4 aromatic rings. The summed E-state index contributed by atoms with van der Waals surface area (Å²) in [6.45, 7) is 7.14. The number of nitrogens with one attached hydrogen (secondary N) is 2. The van der Waals surface area contributed by atoms with Crippen LogP contribution >= 0.6 is 12.2 Å². The van der Waals surface area contributed by atoms with Crippen molar-refractivity contribution in [2.75, 3.05) is 61.0 Å². The van der Waals surface area contributed by atoms with E-state index in [0.717, 1.165) is 17.0 Å². The molecule has 4 amide bonds. The summed E-state index contributed by atoms with van der Waals surface area (Å²) < 4.78 is 67.7. The van der Waals surface area contributed by atoms with Crippen LogP contribution in [0.15, 0.2) is 59.1 Å². The van der Waals surface area contributed by atoms with E-state index in [0.29, 0.717) is 74.1 Å². The Kier molecular flexibility index (Phi) is 11.4. The summed E-state index contributed by atoms with van der Waals surface area (Å²) >= 11 is 5.55. The van der Waals surface area contributed by atoms with Crippen molar-refractivity contribution in [1.29, 1.82) is 5.26 Å². The number of carbonyl (C=O) groups excluding carboxylic acids is 4. The molecule has 1 unspecified atom stereocenters. The van der Waals surface area contributed by atoms with Crippen LogP contribution in [0.3, 0.4) is 0 Å². The number of carbonyl (C=O) groups is 4. The number of alkyl halides is 3. The maximum absolute atomic E-state index is 15.4. The van der Waals surface area contributed by atoms with Crippen LogP contribution in [0, 0.1) is 17.1 Å². The molecule has 3 aliphatic heterocycles. The fraction of sp³-hybridized carbons (Fsp3) is 0.375. The zero-order chi connectivity index (χ0) is 42.2. The molecule has 0 aliphatic carbocycles. The van der Waals surface area contributed by atoms with Crippen LogP contribution in [0.4, 0.5) is 34.6 Å². The molecule has 0 radical (unpaired) electrons. The predicted molar refractivity (Wildman–Crippen MR) is 210 cm³/mol. The van der Waals surface area contributed by atoms with Gasteiger partial charge in [-0.3, -0.25) is 34.3 Å². The minimum absolute atomic E-state index is 0.0244. The molecule has 19 heteroatoms. The second kappa shape index (κ2) is 16.4. The lowest BCUT2D eigenvalue weighted by molar-refractivity contribution is -0.138. The SMILES string of the molecule is CC1(C)C(=O)N(c2ccc(C#N)c(C(F)(F)F)c2)C(=S)N1c1ccc(OCCN2CCN(CCC(=O)Nc3ccc4c(C5CCC(=O)NC5=O)noc4c3)CC2)c(F)c1. The number of piperidine rings is 1. The van der Waals surface area contributed by atoms with E-state index in [1.54, 1.807) is 18.2 Å². The van der Waals surface area contributed by atoms with Gasteiger partial charge >= 0.3 is 6.18 Å². The molecule has 3 aromatic carbocycles. The Labute approximate surface area is 340 Å². The molecule has 3 fully saturated rings. The first kappa shape index (κ1) is 41.2. The Morgan fingerprint density at radius 3 is 2.42 bits per heavy atom. The minimum atomic E-state index is -4.84. The Bertz CT molecular complexity index is 2390. The number of nitrogens with zero attached hydrogens (tertiary/aromatic N) is 6. The minimum Gasteiger partial charge on any atom is -0.489 e. The summed E-state index contributed by atoms with van der Waals surface area (Å²) in [6, 6.07) is 13.6. The van der Waals surface area contributed by atoms with Crippen LogP contribution in [-0.2, 0) is 25.4 Å². The zero-order valence-corrected chi connectivity index (χ0v) is 32.7. The average molecular weight is 835 g/mol. The summed E-state index contributed by atoms with van der Waals surface area (Å²) in [5.41, 5.74) is -1.75. The van der Waals surface area contributed by atoms with E-state index in [1.807, 2.05) is 0 Å². The standard InChI is InChI=1S/C40H38F4N8O6S/c1-39(2)37(56)51(25-5-3-23(22-45)29(20-25)40(42,43)44)38(59)52(39)26-6-9-31(30(41)21-26)57-18-17-50-15-13-49(14-16-50)12-11-34(54)46-24-4-7-27-32(19-24)58-48-35(27)28-8-10-33(53)47-36(28)55/h3-7,9,19-21,28H,8,10-18H2,1-2H3,(H,46,54)(H,47,53,55). The lowest BCUT2D eigenvalue weighted by Crippen LogP contribution is -2.48. The van der Waals surface area contributed by atoms with Gasteiger partial charge in [-0.2, -0.15) is 18.4 Å². The van der Waals surface area contributed by atoms with Crippen molar-refractivity contribution in [1.82, 2.24) is 20.3 Å². The van der Waals surface area contributed by atoms with Crippen molar-refractivity contribution >= 4 is 69.0 Å². The van der Waals surface area contributed by atoms with E-state index in [4.69, 9.17) is 21.5 Å². The number of ether oxygens (including phenoxy) is 1. The molecule has 308 valence electrons. The van der Waals surface area contributed by atoms with Crippen LogP contribution in [0.2, 0.25) is 0 Å². The molecule has 2 N–H and O–H groups in total. The van der Waals surface area contributed by atoms with E-state index in [-0.39, 0.29) is 53.5 Å². The number of hydrogen-bond acceptors (Lipinski definition) is 11. The normalized spacial score (nSPS) is 19.0. The third-order valence-electron chi connectivity index (χ3n) is 10.7. The maximum atomic E-state index is 15.4. The molecule has 4 heterocycles. The van der Waals surface area contributed by atoms with Gasteiger partial charge in [-0.05, 0) is 75.0 Å². The first-order valence-corrected chi connectivity index (χ1v) is 19.2. The molecule has 3 saturated heterocycles. The van der Waals surface area contributed by atoms with Gasteiger partial charge in [0.1, 0.15) is 17.8 Å². The van der Waals surface area contributed by atoms with E-state index in [2.05, 4.69) is 25.6 Å². The molecule has 0 saturated carbocycles. The number of aromatic nitrogens is 1. The highest BCUT2D eigenvalue weighted by molar-refractivity contribution is 7.81. The molecular formula is C40H38F4N8O6S. The fourth-order valence-corrected chi connectivity index (χ4v) is 7.97. The number of benzene rings is 3. The van der Waals surface area contributed by atoms with Gasteiger partial charge in [0.2, 0.25) is 17.7 Å². The number of halogens is 4. The number of imide groups is 1. The number of amides is 4. The van der Waals surface area contributed by atoms with Gasteiger partial charge in [0.15, 0.2) is 22.3 Å². The Balaban J connectivity index is 0.866. The maximum Gasteiger partial charge on any atom is 0.417 e. The lowest BCUT2D eigenvalue weighted by Gasteiger charge is -2.34. The van der Waals surface area contributed by atoms with Gasteiger partial charge in [0.25, 0.3) is 5.91 Å². The van der Waals surface area contributed by atoms with Crippen molar-refractivity contribution in [3.8, 4) is 11.8 Å². The molecular weight excluding hydrogens is 797 g/mol. The quantitative estimate of drug-likeness (QED) is 0.114. The van der Waals surface area contributed by atoms with Crippen molar-refractivity contribution in [3.05, 3.63) is 77.2 Å². The number of rotatable bonds is 11. The molecule has 0 spiro atoms. The largest absolute Gasteiger partial charge is 0.489 e. The fourth-order valence-electron chi connectivity index (χ4n) is 7.45. The highest BCUT2D eigenvalue weighted by Gasteiger charge is 2.51. The van der Waals surface area contributed by atoms with Gasteiger partial charge in [-0.15, -0.1) is 0 Å². The monoisotopic (exact) mass is 834 g/mol. The molecule has 1 aromatic heterocycles. The summed E-state index contributed by atoms with van der Waals surface area (Å²) in [5, 5.41) is 18.9. The van der Waals surface area contributed by atoms with Gasteiger partial charge in [0, 0.05) is 81.0 Å². The summed E-state index contributed by atoms with van der Waals surface area (Å²) in [4.78, 5) is 56.8. The smallest absolute Gasteiger partial charge is 0.417 e. The van der Waals surface area contributed by atoms with Crippen LogP contribution in [0.25, 0.3) is 11.0 Å². The highest BCUT2D eigenvalue weighted by atomic mass is 32.1. The highest BCUT2D eigenvalue weighted by Crippen LogP contribution is 2.40. The molecule has 0 bridgehead atoms. The summed E-state index contributed by atoms with van der Waals surface area (Å²) in [6.07, 6.45) is -4.02. The van der Waals surface area contributed by atoms with Gasteiger partial charge < -0.3 is 24.4 Å². The van der Waals surface area contributed by atoms with E-state index in [1.165, 1.54) is 43.0 Å². The number of nitriles is 1. The van der Waals surface area contributed by atoms with E-state index >= 15 is 4.39 Å². The molecule has 14 nitrogen and oxygen atoms in total. The van der Waals surface area contributed by atoms with Crippen molar-refractivity contribution in [2.24, 2.45) is 0 Å². The molecule has 1 atom stereocenters. The van der Waals surface area contributed by atoms with E-state index < -0.39 is 46.4 Å². The molecule has 3 aliphatic rings. The first-order valence-electron chi connectivity index (χ1n) is 18.7. The lowest BCUT2D eigenvalue weighted by atomic mass is 9.93. The van der Waals surface area contributed by atoms with E-state index in [9.17, 15) is 37.6 Å². The number of piperazine rings is 1. The number of thiocarbonyl (C=S) groups is 1.